The maximum absolute atomic E-state index is 12.0. The topological polar surface area (TPSA) is 15.3 Å². The summed E-state index contributed by atoms with van der Waals surface area (Å²) in [6.07, 6.45) is -2.36. The molecule has 0 aromatic carbocycles. The van der Waals surface area contributed by atoms with Crippen LogP contribution in [-0.2, 0) is 0 Å². The fourth-order valence-corrected chi connectivity index (χ4v) is 2.51. The molecule has 17 heavy (non-hydrogen) atoms. The molecule has 1 aliphatic rings. The predicted octanol–water partition coefficient (Wildman–Crippen LogP) is 2.79. The molecule has 1 aliphatic heterocycles. The summed E-state index contributed by atoms with van der Waals surface area (Å²) in [6, 6.07) is 0.926. The maximum atomic E-state index is 12.0. The van der Waals surface area contributed by atoms with Crippen molar-refractivity contribution in [2.75, 3.05) is 19.6 Å². The third kappa shape index (κ3) is 5.73. The Kier molecular flexibility index (Phi) is 5.73. The highest BCUT2D eigenvalue weighted by molar-refractivity contribution is 4.82. The van der Waals surface area contributed by atoms with Gasteiger partial charge in [-0.3, -0.25) is 0 Å². The fourth-order valence-electron chi connectivity index (χ4n) is 2.51. The van der Waals surface area contributed by atoms with E-state index in [1.807, 2.05) is 0 Å². The van der Waals surface area contributed by atoms with Gasteiger partial charge in [-0.2, -0.15) is 13.2 Å². The molecule has 1 rings (SSSR count). The monoisotopic (exact) mass is 252 g/mol. The summed E-state index contributed by atoms with van der Waals surface area (Å²) in [7, 11) is 0. The fraction of sp³-hybridized carbons (Fsp3) is 1.00. The summed E-state index contributed by atoms with van der Waals surface area (Å²) in [6.45, 7) is 6.64. The average molecular weight is 252 g/mol. The number of alkyl halides is 3. The molecule has 0 aromatic rings. The Morgan fingerprint density at radius 3 is 2.59 bits per heavy atom. The number of halogens is 3. The molecule has 2 unspecified atom stereocenters. The molecule has 0 radical (unpaired) electrons. The first kappa shape index (κ1) is 14.8. The molecule has 0 aliphatic carbocycles. The molecule has 1 fully saturated rings. The third-order valence-electron chi connectivity index (χ3n) is 3.41. The molecule has 2 atom stereocenters. The molecule has 1 heterocycles. The summed E-state index contributed by atoms with van der Waals surface area (Å²) in [4.78, 5) is 2.18. The zero-order valence-corrected chi connectivity index (χ0v) is 10.7. The van der Waals surface area contributed by atoms with Gasteiger partial charge in [0.05, 0.1) is 0 Å². The van der Waals surface area contributed by atoms with Gasteiger partial charge >= 0.3 is 6.18 Å². The first-order valence-electron chi connectivity index (χ1n) is 6.46. The van der Waals surface area contributed by atoms with Gasteiger partial charge in [-0.05, 0) is 45.8 Å². The van der Waals surface area contributed by atoms with Crippen molar-refractivity contribution in [3.8, 4) is 0 Å². The van der Waals surface area contributed by atoms with E-state index in [2.05, 4.69) is 24.1 Å². The van der Waals surface area contributed by atoms with Crippen LogP contribution in [0.1, 0.15) is 39.5 Å². The van der Waals surface area contributed by atoms with E-state index in [0.29, 0.717) is 18.6 Å². The largest absolute Gasteiger partial charge is 0.389 e. The summed E-state index contributed by atoms with van der Waals surface area (Å²) < 4.78 is 36.1. The van der Waals surface area contributed by atoms with Crippen molar-refractivity contribution >= 4 is 0 Å². The van der Waals surface area contributed by atoms with Gasteiger partial charge in [0.2, 0.25) is 0 Å². The van der Waals surface area contributed by atoms with Crippen molar-refractivity contribution in [3.05, 3.63) is 0 Å². The molecular formula is C12H23F3N2. The SMILES string of the molecule is CCNC1CCN(CCCC(F)(F)F)C(C)C1. The Morgan fingerprint density at radius 2 is 2.06 bits per heavy atom. The second-order valence-electron chi connectivity index (χ2n) is 4.88. The summed E-state index contributed by atoms with van der Waals surface area (Å²) in [5.41, 5.74) is 0. The highest BCUT2D eigenvalue weighted by Gasteiger charge is 2.28. The number of nitrogens with zero attached hydrogens (tertiary/aromatic N) is 1. The maximum Gasteiger partial charge on any atom is 0.389 e. The molecule has 0 saturated carbocycles. The van der Waals surface area contributed by atoms with Gasteiger partial charge in [0.1, 0.15) is 0 Å². The van der Waals surface area contributed by atoms with E-state index in [4.69, 9.17) is 0 Å². The molecule has 2 nitrogen and oxygen atoms in total. The lowest BCUT2D eigenvalue weighted by Gasteiger charge is -2.38. The number of hydrogen-bond donors (Lipinski definition) is 1. The van der Waals surface area contributed by atoms with Crippen LogP contribution in [0.15, 0.2) is 0 Å². The predicted molar refractivity (Wildman–Crippen MR) is 63.0 cm³/mol. The normalized spacial score (nSPS) is 27.4. The van der Waals surface area contributed by atoms with Crippen LogP contribution in [0.2, 0.25) is 0 Å². The Balaban J connectivity index is 2.23. The molecule has 102 valence electrons. The number of rotatable bonds is 5. The molecule has 1 saturated heterocycles. The van der Waals surface area contributed by atoms with E-state index in [1.165, 1.54) is 0 Å². The molecule has 0 spiro atoms. The van der Waals surface area contributed by atoms with Gasteiger partial charge < -0.3 is 10.2 Å². The minimum Gasteiger partial charge on any atom is -0.314 e. The van der Waals surface area contributed by atoms with Crippen LogP contribution in [0.3, 0.4) is 0 Å². The Morgan fingerprint density at radius 1 is 1.35 bits per heavy atom. The van der Waals surface area contributed by atoms with Crippen LogP contribution < -0.4 is 5.32 Å². The van der Waals surface area contributed by atoms with Crippen molar-refractivity contribution < 1.29 is 13.2 Å². The Labute approximate surface area is 102 Å². The summed E-state index contributed by atoms with van der Waals surface area (Å²) in [5, 5.41) is 3.41. The van der Waals surface area contributed by atoms with Crippen molar-refractivity contribution in [2.24, 2.45) is 0 Å². The van der Waals surface area contributed by atoms with E-state index in [0.717, 1.165) is 25.9 Å². The minimum absolute atomic E-state index is 0.222. The van der Waals surface area contributed by atoms with Gasteiger partial charge in [-0.1, -0.05) is 6.92 Å². The van der Waals surface area contributed by atoms with E-state index < -0.39 is 12.6 Å². The average Bonchev–Trinajstić information content (AvgIpc) is 2.20. The first-order chi connectivity index (χ1) is 7.92. The van der Waals surface area contributed by atoms with Crippen LogP contribution in [-0.4, -0.2) is 42.8 Å². The summed E-state index contributed by atoms with van der Waals surface area (Å²) in [5.74, 6) is 0. The van der Waals surface area contributed by atoms with E-state index >= 15 is 0 Å². The second-order valence-corrected chi connectivity index (χ2v) is 4.88. The van der Waals surface area contributed by atoms with Crippen LogP contribution >= 0.6 is 0 Å². The van der Waals surface area contributed by atoms with E-state index in [1.54, 1.807) is 0 Å². The lowest BCUT2D eigenvalue weighted by molar-refractivity contribution is -0.136. The van der Waals surface area contributed by atoms with Gasteiger partial charge in [0.25, 0.3) is 0 Å². The van der Waals surface area contributed by atoms with E-state index in [-0.39, 0.29) is 6.42 Å². The van der Waals surface area contributed by atoms with Crippen LogP contribution in [0, 0.1) is 0 Å². The number of hydrogen-bond acceptors (Lipinski definition) is 2. The molecule has 0 aromatic heterocycles. The molecule has 1 N–H and O–H groups in total. The standard InChI is InChI=1S/C12H23F3N2/c1-3-16-11-5-8-17(10(2)9-11)7-4-6-12(13,14)15/h10-11,16H,3-9H2,1-2H3. The molecule has 5 heteroatoms. The molecular weight excluding hydrogens is 229 g/mol. The van der Waals surface area contributed by atoms with Gasteiger partial charge in [0.15, 0.2) is 0 Å². The van der Waals surface area contributed by atoms with Crippen LogP contribution in [0.5, 0.6) is 0 Å². The highest BCUT2D eigenvalue weighted by atomic mass is 19.4. The third-order valence-corrected chi connectivity index (χ3v) is 3.41. The number of nitrogens with one attached hydrogen (secondary N) is 1. The van der Waals surface area contributed by atoms with Crippen molar-refractivity contribution in [1.29, 1.82) is 0 Å². The van der Waals surface area contributed by atoms with Crippen molar-refractivity contribution in [1.82, 2.24) is 10.2 Å². The minimum atomic E-state index is -4.01. The highest BCUT2D eigenvalue weighted by Crippen LogP contribution is 2.23. The van der Waals surface area contributed by atoms with Crippen molar-refractivity contribution in [3.63, 3.8) is 0 Å². The Hall–Kier alpha value is -0.290. The smallest absolute Gasteiger partial charge is 0.314 e. The molecule has 0 bridgehead atoms. The molecule has 0 amide bonds. The zero-order valence-electron chi connectivity index (χ0n) is 10.7. The van der Waals surface area contributed by atoms with Gasteiger partial charge in [0, 0.05) is 18.5 Å². The van der Waals surface area contributed by atoms with Crippen LogP contribution in [0.25, 0.3) is 0 Å². The second kappa shape index (κ2) is 6.59. The van der Waals surface area contributed by atoms with Gasteiger partial charge in [-0.25, -0.2) is 0 Å². The Bertz CT molecular complexity index is 218. The summed E-state index contributed by atoms with van der Waals surface area (Å²) >= 11 is 0. The number of piperidine rings is 1. The number of likely N-dealkylation sites (tertiary alicyclic amines) is 1. The zero-order chi connectivity index (χ0) is 12.9. The van der Waals surface area contributed by atoms with Crippen molar-refractivity contribution in [2.45, 2.75) is 57.8 Å². The van der Waals surface area contributed by atoms with E-state index in [9.17, 15) is 13.2 Å². The van der Waals surface area contributed by atoms with Crippen LogP contribution in [0.4, 0.5) is 13.2 Å². The lowest BCUT2D eigenvalue weighted by atomic mass is 9.98. The first-order valence-corrected chi connectivity index (χ1v) is 6.46. The quantitative estimate of drug-likeness (QED) is 0.809. The lowest BCUT2D eigenvalue weighted by Crippen LogP contribution is -2.47. The van der Waals surface area contributed by atoms with Gasteiger partial charge in [-0.15, -0.1) is 0 Å².